The number of benzene rings is 1. The lowest BCUT2D eigenvalue weighted by atomic mass is 10.00. The van der Waals surface area contributed by atoms with E-state index in [0.29, 0.717) is 13.1 Å². The van der Waals surface area contributed by atoms with E-state index in [9.17, 15) is 4.79 Å². The molecule has 1 fully saturated rings. The first-order valence-electron chi connectivity index (χ1n) is 8.66. The lowest BCUT2D eigenvalue weighted by molar-refractivity contribution is -0.117. The van der Waals surface area contributed by atoms with Crippen LogP contribution in [0.5, 0.6) is 0 Å². The molecule has 2 atom stereocenters. The van der Waals surface area contributed by atoms with Crippen molar-refractivity contribution >= 4 is 27.5 Å². The lowest BCUT2D eigenvalue weighted by Crippen LogP contribution is -2.36. The van der Waals surface area contributed by atoms with Crippen LogP contribution in [0.2, 0.25) is 0 Å². The van der Waals surface area contributed by atoms with E-state index in [4.69, 9.17) is 9.15 Å². The van der Waals surface area contributed by atoms with Crippen LogP contribution in [-0.4, -0.2) is 36.6 Å². The van der Waals surface area contributed by atoms with Crippen molar-refractivity contribution in [3.05, 3.63) is 52.4 Å². The SMILES string of the molecule is O=C1Nc2cc(Br)ccc2[C@H]1CN(Cc1ccco1)C[C@H]1CCCO1. The Morgan fingerprint density at radius 2 is 2.20 bits per heavy atom. The van der Waals surface area contributed by atoms with Crippen LogP contribution in [0.1, 0.15) is 30.1 Å². The number of nitrogens with one attached hydrogen (secondary N) is 1. The lowest BCUT2D eigenvalue weighted by Gasteiger charge is -2.26. The molecule has 2 aliphatic heterocycles. The van der Waals surface area contributed by atoms with Gasteiger partial charge in [0.05, 0.1) is 24.8 Å². The summed E-state index contributed by atoms with van der Waals surface area (Å²) in [6, 6.07) is 9.85. The number of anilines is 1. The van der Waals surface area contributed by atoms with Gasteiger partial charge in [0, 0.05) is 29.9 Å². The van der Waals surface area contributed by atoms with Crippen molar-refractivity contribution in [1.29, 1.82) is 0 Å². The monoisotopic (exact) mass is 404 g/mol. The molecule has 1 amide bonds. The van der Waals surface area contributed by atoms with Gasteiger partial charge in [-0.3, -0.25) is 9.69 Å². The third-order valence-corrected chi connectivity index (χ3v) is 5.34. The normalized spacial score (nSPS) is 22.4. The van der Waals surface area contributed by atoms with Crippen LogP contribution in [0.15, 0.2) is 45.5 Å². The quantitative estimate of drug-likeness (QED) is 0.795. The van der Waals surface area contributed by atoms with Crippen LogP contribution in [0.25, 0.3) is 0 Å². The molecule has 1 aromatic carbocycles. The number of furan rings is 1. The second-order valence-corrected chi connectivity index (χ2v) is 7.60. The fourth-order valence-electron chi connectivity index (χ4n) is 3.64. The van der Waals surface area contributed by atoms with Crippen molar-refractivity contribution in [2.24, 2.45) is 0 Å². The summed E-state index contributed by atoms with van der Waals surface area (Å²) in [5.41, 5.74) is 1.96. The second-order valence-electron chi connectivity index (χ2n) is 6.68. The molecule has 0 aliphatic carbocycles. The van der Waals surface area contributed by atoms with Crippen LogP contribution in [0, 0.1) is 0 Å². The molecule has 3 heterocycles. The number of amides is 1. The molecule has 4 rings (SSSR count). The number of carbonyl (C=O) groups excluding carboxylic acids is 1. The maximum atomic E-state index is 12.5. The number of hydrogen-bond acceptors (Lipinski definition) is 4. The van der Waals surface area contributed by atoms with Gasteiger partial charge in [-0.25, -0.2) is 0 Å². The molecule has 0 radical (unpaired) electrons. The van der Waals surface area contributed by atoms with Gasteiger partial charge in [0.2, 0.25) is 5.91 Å². The number of nitrogens with zero attached hydrogens (tertiary/aromatic N) is 1. The van der Waals surface area contributed by atoms with Gasteiger partial charge in [-0.05, 0) is 42.7 Å². The first-order valence-corrected chi connectivity index (χ1v) is 9.45. The summed E-state index contributed by atoms with van der Waals surface area (Å²) in [6.07, 6.45) is 4.12. The molecule has 2 aliphatic rings. The minimum Gasteiger partial charge on any atom is -0.468 e. The minimum absolute atomic E-state index is 0.0601. The highest BCUT2D eigenvalue weighted by Gasteiger charge is 2.33. The molecule has 0 unspecified atom stereocenters. The van der Waals surface area contributed by atoms with Crippen molar-refractivity contribution in [3.63, 3.8) is 0 Å². The van der Waals surface area contributed by atoms with Crippen LogP contribution >= 0.6 is 15.9 Å². The van der Waals surface area contributed by atoms with Crippen molar-refractivity contribution < 1.29 is 13.9 Å². The molecule has 1 aromatic heterocycles. The smallest absolute Gasteiger partial charge is 0.233 e. The number of fused-ring (bicyclic) bond motifs is 1. The van der Waals surface area contributed by atoms with E-state index in [1.807, 2.05) is 30.3 Å². The van der Waals surface area contributed by atoms with E-state index < -0.39 is 0 Å². The Bertz CT molecular complexity index is 741. The fraction of sp³-hybridized carbons (Fsp3) is 0.421. The van der Waals surface area contributed by atoms with Gasteiger partial charge in [-0.2, -0.15) is 0 Å². The molecule has 0 saturated carbocycles. The van der Waals surface area contributed by atoms with E-state index in [2.05, 4.69) is 26.1 Å². The molecular weight excluding hydrogens is 384 g/mol. The highest BCUT2D eigenvalue weighted by molar-refractivity contribution is 9.10. The van der Waals surface area contributed by atoms with Crippen molar-refractivity contribution in [1.82, 2.24) is 4.90 Å². The molecule has 2 aromatic rings. The van der Waals surface area contributed by atoms with Gasteiger partial charge >= 0.3 is 0 Å². The second kappa shape index (κ2) is 7.32. The van der Waals surface area contributed by atoms with E-state index in [-0.39, 0.29) is 17.9 Å². The molecule has 0 bridgehead atoms. The Labute approximate surface area is 155 Å². The number of hydrogen-bond donors (Lipinski definition) is 1. The molecule has 132 valence electrons. The van der Waals surface area contributed by atoms with E-state index in [0.717, 1.165) is 47.5 Å². The zero-order chi connectivity index (χ0) is 17.2. The minimum atomic E-state index is -0.167. The van der Waals surface area contributed by atoms with Gasteiger partial charge in [-0.15, -0.1) is 0 Å². The Morgan fingerprint density at radius 3 is 2.96 bits per heavy atom. The number of halogens is 1. The Kier molecular flexibility index (Phi) is 4.92. The predicted octanol–water partition coefficient (Wildman–Crippen LogP) is 3.76. The zero-order valence-electron chi connectivity index (χ0n) is 13.9. The van der Waals surface area contributed by atoms with E-state index in [1.54, 1.807) is 6.26 Å². The van der Waals surface area contributed by atoms with Gasteiger partial charge < -0.3 is 14.5 Å². The van der Waals surface area contributed by atoms with Gasteiger partial charge in [0.15, 0.2) is 0 Å². The molecule has 6 heteroatoms. The summed E-state index contributed by atoms with van der Waals surface area (Å²) in [6.45, 7) is 2.99. The Balaban J connectivity index is 1.52. The highest BCUT2D eigenvalue weighted by atomic mass is 79.9. The average Bonchev–Trinajstić information content (AvgIpc) is 3.31. The summed E-state index contributed by atoms with van der Waals surface area (Å²) < 4.78 is 12.3. The summed E-state index contributed by atoms with van der Waals surface area (Å²) in [5, 5.41) is 3.00. The molecular formula is C19H21BrN2O3. The summed E-state index contributed by atoms with van der Waals surface area (Å²) in [5.74, 6) is 0.803. The van der Waals surface area contributed by atoms with Crippen molar-refractivity contribution in [2.75, 3.05) is 25.0 Å². The average molecular weight is 405 g/mol. The van der Waals surface area contributed by atoms with Crippen LogP contribution in [0.4, 0.5) is 5.69 Å². The molecule has 0 spiro atoms. The maximum absolute atomic E-state index is 12.5. The molecule has 1 N–H and O–H groups in total. The maximum Gasteiger partial charge on any atom is 0.233 e. The fourth-order valence-corrected chi connectivity index (χ4v) is 4.01. The third kappa shape index (κ3) is 3.81. The highest BCUT2D eigenvalue weighted by Crippen LogP contribution is 2.35. The van der Waals surface area contributed by atoms with Crippen LogP contribution in [-0.2, 0) is 16.1 Å². The third-order valence-electron chi connectivity index (χ3n) is 4.85. The number of rotatable bonds is 6. The Morgan fingerprint density at radius 1 is 1.28 bits per heavy atom. The predicted molar refractivity (Wildman–Crippen MR) is 98.5 cm³/mol. The van der Waals surface area contributed by atoms with Gasteiger partial charge in [0.1, 0.15) is 5.76 Å². The summed E-state index contributed by atoms with van der Waals surface area (Å²) >= 11 is 3.46. The number of carbonyl (C=O) groups is 1. The molecule has 1 saturated heterocycles. The zero-order valence-corrected chi connectivity index (χ0v) is 15.5. The van der Waals surface area contributed by atoms with E-state index >= 15 is 0 Å². The topological polar surface area (TPSA) is 54.7 Å². The van der Waals surface area contributed by atoms with Gasteiger partial charge in [0.25, 0.3) is 0 Å². The molecule has 5 nitrogen and oxygen atoms in total. The Hall–Kier alpha value is -1.63. The van der Waals surface area contributed by atoms with Crippen molar-refractivity contribution in [3.8, 4) is 0 Å². The van der Waals surface area contributed by atoms with Gasteiger partial charge in [-0.1, -0.05) is 22.0 Å². The molecule has 25 heavy (non-hydrogen) atoms. The van der Waals surface area contributed by atoms with E-state index in [1.165, 1.54) is 0 Å². The standard InChI is InChI=1S/C19H21BrN2O3/c20-13-5-6-16-17(19(23)21-18(16)9-13)12-22(10-14-3-1-7-24-14)11-15-4-2-8-25-15/h1,3,5-7,9,15,17H,2,4,8,10-12H2,(H,21,23)/t15-,17-/m1/s1. The van der Waals surface area contributed by atoms with Crippen molar-refractivity contribution in [2.45, 2.75) is 31.4 Å². The first kappa shape index (κ1) is 16.8. The first-order chi connectivity index (χ1) is 12.2. The van der Waals surface area contributed by atoms with Crippen LogP contribution < -0.4 is 5.32 Å². The largest absolute Gasteiger partial charge is 0.468 e. The number of ether oxygens (including phenoxy) is 1. The summed E-state index contributed by atoms with van der Waals surface area (Å²) in [4.78, 5) is 14.8. The summed E-state index contributed by atoms with van der Waals surface area (Å²) in [7, 11) is 0. The van der Waals surface area contributed by atoms with Crippen LogP contribution in [0.3, 0.4) is 0 Å².